The minimum atomic E-state index is -0.239. The second kappa shape index (κ2) is 4.81. The quantitative estimate of drug-likeness (QED) is 0.834. The van der Waals surface area contributed by atoms with Gasteiger partial charge in [0.25, 0.3) is 0 Å². The number of rotatable bonds is 3. The molecule has 1 aromatic carbocycles. The molecule has 0 bridgehead atoms. The first-order valence-electron chi connectivity index (χ1n) is 4.64. The molecule has 0 atom stereocenters. The summed E-state index contributed by atoms with van der Waals surface area (Å²) in [5.41, 5.74) is 1.53. The number of carbonyl (C=O) groups is 1. The van der Waals surface area contributed by atoms with Gasteiger partial charge >= 0.3 is 0 Å². The maximum absolute atomic E-state index is 11.1. The second-order valence-corrected chi connectivity index (χ2v) is 3.40. The molecule has 2 rings (SSSR count). The summed E-state index contributed by atoms with van der Waals surface area (Å²) in [6.07, 6.45) is 2.97. The molecule has 1 amide bonds. The van der Waals surface area contributed by atoms with Crippen LogP contribution in [0.15, 0.2) is 41.3 Å². The van der Waals surface area contributed by atoms with Crippen molar-refractivity contribution < 1.29 is 9.21 Å². The first kappa shape index (κ1) is 10.7. The van der Waals surface area contributed by atoms with Crippen molar-refractivity contribution >= 4 is 23.2 Å². The van der Waals surface area contributed by atoms with Gasteiger partial charge < -0.3 is 9.73 Å². The van der Waals surface area contributed by atoms with Crippen molar-refractivity contribution in [3.05, 3.63) is 36.9 Å². The molecule has 2 aromatic rings. The van der Waals surface area contributed by atoms with Crippen LogP contribution in [0.2, 0.25) is 0 Å². The Morgan fingerprint density at radius 2 is 2.38 bits per heavy atom. The Balaban J connectivity index is 2.23. The lowest BCUT2D eigenvalue weighted by Crippen LogP contribution is -2.12. The Hall–Kier alpha value is -1.81. The first-order valence-corrected chi connectivity index (χ1v) is 5.18. The van der Waals surface area contributed by atoms with Crippen LogP contribution in [0.4, 0.5) is 5.69 Å². The van der Waals surface area contributed by atoms with E-state index in [1.165, 1.54) is 6.39 Å². The fourth-order valence-corrected chi connectivity index (χ4v) is 1.37. The molecule has 0 radical (unpaired) electrons. The highest BCUT2D eigenvalue weighted by molar-refractivity contribution is 6.29. The molecule has 1 aromatic heterocycles. The molecule has 0 fully saturated rings. The molecule has 16 heavy (non-hydrogen) atoms. The van der Waals surface area contributed by atoms with Crippen LogP contribution in [0.25, 0.3) is 11.3 Å². The van der Waals surface area contributed by atoms with Gasteiger partial charge in [-0.1, -0.05) is 12.1 Å². The topological polar surface area (TPSA) is 55.1 Å². The lowest BCUT2D eigenvalue weighted by molar-refractivity contribution is -0.113. The fourth-order valence-electron chi connectivity index (χ4n) is 1.30. The van der Waals surface area contributed by atoms with Gasteiger partial charge in [0, 0.05) is 11.3 Å². The average Bonchev–Trinajstić information content (AvgIpc) is 2.83. The molecule has 0 aliphatic rings. The Morgan fingerprint density at radius 3 is 3.06 bits per heavy atom. The number of halogens is 1. The van der Waals surface area contributed by atoms with Crippen molar-refractivity contribution in [1.29, 1.82) is 0 Å². The number of hydrogen-bond acceptors (Lipinski definition) is 3. The number of benzene rings is 1. The number of anilines is 1. The third kappa shape index (κ3) is 2.41. The zero-order valence-corrected chi connectivity index (χ0v) is 9.07. The molecule has 5 heteroatoms. The van der Waals surface area contributed by atoms with Crippen molar-refractivity contribution in [3.63, 3.8) is 0 Å². The lowest BCUT2D eigenvalue weighted by Gasteiger charge is -2.04. The van der Waals surface area contributed by atoms with E-state index in [4.69, 9.17) is 16.0 Å². The largest absolute Gasteiger partial charge is 0.444 e. The third-order valence-corrected chi connectivity index (χ3v) is 2.23. The van der Waals surface area contributed by atoms with Crippen LogP contribution in [-0.2, 0) is 4.79 Å². The molecule has 1 N–H and O–H groups in total. The van der Waals surface area contributed by atoms with Crippen LogP contribution in [0.5, 0.6) is 0 Å². The first-order chi connectivity index (χ1) is 7.79. The van der Waals surface area contributed by atoms with Gasteiger partial charge in [-0.05, 0) is 12.1 Å². The SMILES string of the molecule is O=C(CCl)Nc1cccc(-c2cnco2)c1. The van der Waals surface area contributed by atoms with Gasteiger partial charge in [0.15, 0.2) is 12.2 Å². The normalized spacial score (nSPS) is 10.1. The minimum Gasteiger partial charge on any atom is -0.444 e. The van der Waals surface area contributed by atoms with Crippen molar-refractivity contribution in [2.24, 2.45) is 0 Å². The molecule has 0 aliphatic carbocycles. The highest BCUT2D eigenvalue weighted by Gasteiger charge is 2.04. The summed E-state index contributed by atoms with van der Waals surface area (Å²) in [7, 11) is 0. The van der Waals surface area contributed by atoms with Gasteiger partial charge in [-0.3, -0.25) is 4.79 Å². The summed E-state index contributed by atoms with van der Waals surface area (Å²) in [6, 6.07) is 7.27. The minimum absolute atomic E-state index is 0.0630. The number of carbonyl (C=O) groups excluding carboxylic acids is 1. The van der Waals surface area contributed by atoms with E-state index in [0.29, 0.717) is 11.4 Å². The van der Waals surface area contributed by atoms with E-state index in [2.05, 4.69) is 10.3 Å². The van der Waals surface area contributed by atoms with Crippen LogP contribution in [-0.4, -0.2) is 16.8 Å². The molecule has 1 heterocycles. The van der Waals surface area contributed by atoms with Gasteiger partial charge in [-0.2, -0.15) is 0 Å². The summed E-state index contributed by atoms with van der Waals surface area (Å²) >= 11 is 5.40. The van der Waals surface area contributed by atoms with Gasteiger partial charge in [0.2, 0.25) is 5.91 Å². The maximum Gasteiger partial charge on any atom is 0.239 e. The summed E-state index contributed by atoms with van der Waals surface area (Å²) in [6.45, 7) is 0. The van der Waals surface area contributed by atoms with E-state index in [1.54, 1.807) is 18.3 Å². The predicted molar refractivity (Wildman–Crippen MR) is 61.3 cm³/mol. The molecule has 0 saturated carbocycles. The van der Waals surface area contributed by atoms with Gasteiger partial charge in [-0.25, -0.2) is 4.98 Å². The summed E-state index contributed by atoms with van der Waals surface area (Å²) in [5.74, 6) is 0.352. The van der Waals surface area contributed by atoms with E-state index in [0.717, 1.165) is 5.56 Å². The van der Waals surface area contributed by atoms with Gasteiger partial charge in [0.1, 0.15) is 5.88 Å². The molecule has 0 aliphatic heterocycles. The van der Waals surface area contributed by atoms with Crippen LogP contribution in [0.1, 0.15) is 0 Å². The lowest BCUT2D eigenvalue weighted by atomic mass is 10.1. The maximum atomic E-state index is 11.1. The molecular weight excluding hydrogens is 228 g/mol. The molecule has 0 saturated heterocycles. The van der Waals surface area contributed by atoms with Crippen LogP contribution in [0, 0.1) is 0 Å². The van der Waals surface area contributed by atoms with Crippen molar-refractivity contribution in [2.45, 2.75) is 0 Å². The van der Waals surface area contributed by atoms with Crippen molar-refractivity contribution in [1.82, 2.24) is 4.98 Å². The van der Waals surface area contributed by atoms with E-state index in [9.17, 15) is 4.79 Å². The highest BCUT2D eigenvalue weighted by atomic mass is 35.5. The number of oxazole rings is 1. The van der Waals surface area contributed by atoms with Crippen molar-refractivity contribution in [3.8, 4) is 11.3 Å². The standard InChI is InChI=1S/C11H9ClN2O2/c12-5-11(15)14-9-3-1-2-8(4-9)10-6-13-7-16-10/h1-4,6-7H,5H2,(H,14,15). The molecular formula is C11H9ClN2O2. The van der Waals surface area contributed by atoms with E-state index < -0.39 is 0 Å². The van der Waals surface area contributed by atoms with E-state index in [-0.39, 0.29) is 11.8 Å². The monoisotopic (exact) mass is 236 g/mol. The summed E-state index contributed by atoms with van der Waals surface area (Å²) < 4.78 is 5.16. The van der Waals surface area contributed by atoms with Crippen LogP contribution >= 0.6 is 11.6 Å². The number of alkyl halides is 1. The number of hydrogen-bond donors (Lipinski definition) is 1. The fraction of sp³-hybridized carbons (Fsp3) is 0.0909. The Labute approximate surface area is 97.2 Å². The average molecular weight is 237 g/mol. The van der Waals surface area contributed by atoms with E-state index >= 15 is 0 Å². The van der Waals surface area contributed by atoms with Gasteiger partial charge in [-0.15, -0.1) is 11.6 Å². The number of nitrogens with one attached hydrogen (secondary N) is 1. The number of aromatic nitrogens is 1. The molecule has 4 nitrogen and oxygen atoms in total. The zero-order chi connectivity index (χ0) is 11.4. The molecule has 82 valence electrons. The predicted octanol–water partition coefficient (Wildman–Crippen LogP) is 2.52. The van der Waals surface area contributed by atoms with Crippen LogP contribution < -0.4 is 5.32 Å². The Morgan fingerprint density at radius 1 is 1.50 bits per heavy atom. The van der Waals surface area contributed by atoms with Crippen molar-refractivity contribution in [2.75, 3.05) is 11.2 Å². The Bertz CT molecular complexity index is 482. The van der Waals surface area contributed by atoms with Gasteiger partial charge in [0.05, 0.1) is 6.20 Å². The zero-order valence-electron chi connectivity index (χ0n) is 8.31. The third-order valence-electron chi connectivity index (χ3n) is 1.98. The second-order valence-electron chi connectivity index (χ2n) is 3.13. The Kier molecular flexibility index (Phi) is 3.22. The van der Waals surface area contributed by atoms with E-state index in [1.807, 2.05) is 12.1 Å². The number of amides is 1. The van der Waals surface area contributed by atoms with Crippen LogP contribution in [0.3, 0.4) is 0 Å². The number of nitrogens with zero attached hydrogens (tertiary/aromatic N) is 1. The molecule has 0 unspecified atom stereocenters. The summed E-state index contributed by atoms with van der Waals surface area (Å²) in [4.78, 5) is 14.9. The highest BCUT2D eigenvalue weighted by Crippen LogP contribution is 2.21. The smallest absolute Gasteiger partial charge is 0.239 e. The molecule has 0 spiro atoms. The summed E-state index contributed by atoms with van der Waals surface area (Å²) in [5, 5.41) is 2.66.